The van der Waals surface area contributed by atoms with E-state index in [9.17, 15) is 0 Å². The Bertz CT molecular complexity index is 1090. The molecule has 0 aliphatic rings. The van der Waals surface area contributed by atoms with Gasteiger partial charge in [-0.2, -0.15) is 0 Å². The average molecular weight is 391 g/mol. The molecule has 0 aliphatic heterocycles. The van der Waals surface area contributed by atoms with E-state index in [4.69, 9.17) is 13.7 Å². The molecule has 1 atom stereocenters. The number of nitrogens with zero attached hydrogens (tertiary/aromatic N) is 3. The van der Waals surface area contributed by atoms with Crippen LogP contribution in [0.5, 0.6) is 5.75 Å². The van der Waals surface area contributed by atoms with Crippen LogP contribution in [0.25, 0.3) is 22.7 Å². The van der Waals surface area contributed by atoms with E-state index in [-0.39, 0.29) is 0 Å². The Hall–Kier alpha value is -3.45. The lowest BCUT2D eigenvalue weighted by atomic mass is 10.1. The Morgan fingerprint density at radius 1 is 1.00 bits per heavy atom. The maximum atomic E-state index is 5.96. The quantitative estimate of drug-likeness (QED) is 0.522. The van der Waals surface area contributed by atoms with E-state index in [2.05, 4.69) is 28.5 Å². The number of ether oxygens (including phenoxy) is 1. The maximum absolute atomic E-state index is 5.96. The molecule has 0 bridgehead atoms. The molecule has 4 aromatic rings. The Balaban J connectivity index is 1.51. The molecule has 0 saturated carbocycles. The fourth-order valence-corrected chi connectivity index (χ4v) is 3.29. The lowest BCUT2D eigenvalue weighted by molar-refractivity contribution is -0.909. The summed E-state index contributed by atoms with van der Waals surface area (Å²) in [6.07, 6.45) is 0. The number of hydrogen-bond acceptors (Lipinski definition) is 6. The molecule has 148 valence electrons. The van der Waals surface area contributed by atoms with Crippen LogP contribution in [0.15, 0.2) is 63.5 Å². The number of rotatable bonds is 7. The van der Waals surface area contributed by atoms with Gasteiger partial charge in [0.1, 0.15) is 29.3 Å². The standard InChI is InChI=1S/C22H22N4O3/c1-15-20(21(25-29-15)17-9-5-4-6-10-17)22-24-23-19(28-22)14-26(2)13-16-8-7-11-18(12-16)27-3/h4-12H,13-14H2,1-3H3/p+1. The van der Waals surface area contributed by atoms with Crippen molar-refractivity contribution in [2.45, 2.75) is 20.0 Å². The van der Waals surface area contributed by atoms with E-state index in [0.717, 1.165) is 23.4 Å². The van der Waals surface area contributed by atoms with Crippen molar-refractivity contribution < 1.29 is 18.6 Å². The predicted octanol–water partition coefficient (Wildman–Crippen LogP) is 2.92. The molecule has 7 nitrogen and oxygen atoms in total. The molecule has 1 unspecified atom stereocenters. The van der Waals surface area contributed by atoms with Crippen LogP contribution in [0.1, 0.15) is 17.2 Å². The predicted molar refractivity (Wildman–Crippen MR) is 107 cm³/mol. The topological polar surface area (TPSA) is 78.6 Å². The largest absolute Gasteiger partial charge is 0.497 e. The minimum atomic E-state index is 0.423. The second-order valence-corrected chi connectivity index (χ2v) is 6.99. The lowest BCUT2D eigenvalue weighted by Crippen LogP contribution is -3.06. The molecule has 0 spiro atoms. The molecule has 29 heavy (non-hydrogen) atoms. The molecule has 0 aliphatic carbocycles. The van der Waals surface area contributed by atoms with E-state index in [1.807, 2.05) is 55.5 Å². The van der Waals surface area contributed by atoms with Crippen LogP contribution in [0.3, 0.4) is 0 Å². The van der Waals surface area contributed by atoms with E-state index < -0.39 is 0 Å². The minimum absolute atomic E-state index is 0.423. The van der Waals surface area contributed by atoms with E-state index >= 15 is 0 Å². The summed E-state index contributed by atoms with van der Waals surface area (Å²) in [5.41, 5.74) is 3.57. The Kier molecular flexibility index (Phi) is 5.39. The maximum Gasteiger partial charge on any atom is 0.271 e. The zero-order valence-electron chi connectivity index (χ0n) is 16.7. The highest BCUT2D eigenvalue weighted by atomic mass is 16.5. The number of hydrogen-bond donors (Lipinski definition) is 1. The first-order chi connectivity index (χ1) is 14.1. The number of methoxy groups -OCH3 is 1. The van der Waals surface area contributed by atoms with Crippen molar-refractivity contribution >= 4 is 0 Å². The molecule has 4 rings (SSSR count). The smallest absolute Gasteiger partial charge is 0.271 e. The summed E-state index contributed by atoms with van der Waals surface area (Å²) in [4.78, 5) is 1.22. The van der Waals surface area contributed by atoms with Crippen molar-refractivity contribution in [2.75, 3.05) is 14.2 Å². The molecule has 7 heteroatoms. The van der Waals surface area contributed by atoms with Gasteiger partial charge in [0.25, 0.3) is 11.8 Å². The second-order valence-electron chi connectivity index (χ2n) is 6.99. The highest BCUT2D eigenvalue weighted by Gasteiger charge is 2.22. The van der Waals surface area contributed by atoms with Gasteiger partial charge in [0.05, 0.1) is 14.2 Å². The van der Waals surface area contributed by atoms with E-state index in [1.54, 1.807) is 7.11 Å². The Morgan fingerprint density at radius 3 is 2.62 bits per heavy atom. The highest BCUT2D eigenvalue weighted by Crippen LogP contribution is 2.33. The van der Waals surface area contributed by atoms with Crippen LogP contribution in [0, 0.1) is 6.92 Å². The number of nitrogens with one attached hydrogen (secondary N) is 1. The fourth-order valence-electron chi connectivity index (χ4n) is 3.29. The number of benzene rings is 2. The summed E-state index contributed by atoms with van der Waals surface area (Å²) < 4.78 is 16.7. The molecule has 0 fully saturated rings. The third-order valence-electron chi connectivity index (χ3n) is 4.68. The molecular weight excluding hydrogens is 368 g/mol. The zero-order chi connectivity index (χ0) is 20.2. The number of quaternary nitrogens is 1. The van der Waals surface area contributed by atoms with Crippen molar-refractivity contribution in [3.05, 3.63) is 71.8 Å². The van der Waals surface area contributed by atoms with Crippen molar-refractivity contribution in [3.63, 3.8) is 0 Å². The lowest BCUT2D eigenvalue weighted by Gasteiger charge is -2.12. The van der Waals surface area contributed by atoms with Gasteiger partial charge in [-0.05, 0) is 19.1 Å². The second kappa shape index (κ2) is 8.28. The third-order valence-corrected chi connectivity index (χ3v) is 4.68. The molecule has 0 amide bonds. The van der Waals surface area contributed by atoms with Gasteiger partial charge in [-0.3, -0.25) is 0 Å². The fraction of sp³-hybridized carbons (Fsp3) is 0.227. The Labute approximate surface area is 168 Å². The van der Waals surface area contributed by atoms with Crippen molar-refractivity contribution in [1.82, 2.24) is 15.4 Å². The van der Waals surface area contributed by atoms with Gasteiger partial charge in [0, 0.05) is 11.1 Å². The van der Waals surface area contributed by atoms with Gasteiger partial charge < -0.3 is 18.6 Å². The molecular formula is C22H23N4O3+. The minimum Gasteiger partial charge on any atom is -0.497 e. The zero-order valence-corrected chi connectivity index (χ0v) is 16.7. The molecule has 1 N–H and O–H groups in total. The monoisotopic (exact) mass is 391 g/mol. The van der Waals surface area contributed by atoms with Crippen LogP contribution in [0.4, 0.5) is 0 Å². The van der Waals surface area contributed by atoms with Gasteiger partial charge in [-0.15, -0.1) is 10.2 Å². The van der Waals surface area contributed by atoms with Crippen LogP contribution < -0.4 is 9.64 Å². The van der Waals surface area contributed by atoms with Crippen LogP contribution in [0.2, 0.25) is 0 Å². The first kappa shape index (κ1) is 18.9. The normalized spacial score (nSPS) is 12.1. The summed E-state index contributed by atoms with van der Waals surface area (Å²) >= 11 is 0. The number of aryl methyl sites for hydroxylation is 1. The molecule has 2 aromatic carbocycles. The van der Waals surface area contributed by atoms with Crippen LogP contribution in [-0.4, -0.2) is 29.5 Å². The van der Waals surface area contributed by atoms with Gasteiger partial charge in [0.2, 0.25) is 0 Å². The average Bonchev–Trinajstić information content (AvgIpc) is 3.34. The third kappa shape index (κ3) is 4.20. The Morgan fingerprint density at radius 2 is 1.83 bits per heavy atom. The van der Waals surface area contributed by atoms with Gasteiger partial charge >= 0.3 is 0 Å². The van der Waals surface area contributed by atoms with Crippen molar-refractivity contribution in [1.29, 1.82) is 0 Å². The summed E-state index contributed by atoms with van der Waals surface area (Å²) in [6.45, 7) is 3.27. The summed E-state index contributed by atoms with van der Waals surface area (Å²) in [5.74, 6) is 2.50. The van der Waals surface area contributed by atoms with E-state index in [0.29, 0.717) is 29.8 Å². The van der Waals surface area contributed by atoms with Crippen LogP contribution >= 0.6 is 0 Å². The first-order valence-corrected chi connectivity index (χ1v) is 9.42. The van der Waals surface area contributed by atoms with Gasteiger partial charge in [0.15, 0.2) is 6.54 Å². The number of aromatic nitrogens is 3. The van der Waals surface area contributed by atoms with Crippen molar-refractivity contribution in [2.24, 2.45) is 0 Å². The molecule has 2 aromatic heterocycles. The molecule has 0 saturated heterocycles. The molecule has 2 heterocycles. The molecule has 0 radical (unpaired) electrons. The summed E-state index contributed by atoms with van der Waals surface area (Å²) in [7, 11) is 3.76. The first-order valence-electron chi connectivity index (χ1n) is 9.42. The van der Waals surface area contributed by atoms with Gasteiger partial charge in [-0.25, -0.2) is 0 Å². The summed E-state index contributed by atoms with van der Waals surface area (Å²) in [5, 5.41) is 12.7. The van der Waals surface area contributed by atoms with Crippen LogP contribution in [-0.2, 0) is 13.1 Å². The van der Waals surface area contributed by atoms with Gasteiger partial charge in [-0.1, -0.05) is 47.6 Å². The summed E-state index contributed by atoms with van der Waals surface area (Å²) in [6, 6.07) is 17.9. The van der Waals surface area contributed by atoms with E-state index in [1.165, 1.54) is 10.5 Å². The van der Waals surface area contributed by atoms with Crippen molar-refractivity contribution in [3.8, 4) is 28.5 Å². The highest BCUT2D eigenvalue weighted by molar-refractivity contribution is 5.77. The SMILES string of the molecule is COc1cccc(C[NH+](C)Cc2nnc(-c3c(-c4ccccc4)noc3C)o2)c1.